The van der Waals surface area contributed by atoms with Crippen molar-refractivity contribution in [1.82, 2.24) is 15.1 Å². The highest BCUT2D eigenvalue weighted by Crippen LogP contribution is 2.27. The molecule has 1 aliphatic carbocycles. The van der Waals surface area contributed by atoms with E-state index >= 15 is 0 Å². The minimum absolute atomic E-state index is 0.0643. The summed E-state index contributed by atoms with van der Waals surface area (Å²) in [5, 5.41) is 2.59. The second kappa shape index (κ2) is 4.88. The first-order valence-electron chi connectivity index (χ1n) is 7.09. The summed E-state index contributed by atoms with van der Waals surface area (Å²) in [4.78, 5) is 27.0. The fourth-order valence-corrected chi connectivity index (χ4v) is 3.38. The van der Waals surface area contributed by atoms with Crippen LogP contribution >= 0.6 is 0 Å². The second-order valence-electron chi connectivity index (χ2n) is 5.68. The van der Waals surface area contributed by atoms with Crippen molar-refractivity contribution in [2.45, 2.75) is 50.6 Å². The lowest BCUT2D eigenvalue weighted by atomic mass is 9.99. The van der Waals surface area contributed by atoms with Crippen molar-refractivity contribution in [2.24, 2.45) is 0 Å². The lowest BCUT2D eigenvalue weighted by Crippen LogP contribution is -2.63. The Kier molecular flexibility index (Phi) is 3.24. The molecule has 5 heteroatoms. The molecule has 0 aromatic heterocycles. The van der Waals surface area contributed by atoms with Crippen LogP contribution in [0.25, 0.3) is 0 Å². The number of amides is 3. The van der Waals surface area contributed by atoms with Gasteiger partial charge in [0.05, 0.1) is 12.6 Å². The van der Waals surface area contributed by atoms with Crippen LogP contribution < -0.4 is 5.32 Å². The number of likely N-dealkylation sites (tertiary alicyclic amines) is 1. The third kappa shape index (κ3) is 2.11. The van der Waals surface area contributed by atoms with Crippen molar-refractivity contribution in [1.29, 1.82) is 0 Å². The van der Waals surface area contributed by atoms with Crippen LogP contribution in [-0.4, -0.2) is 53.5 Å². The molecule has 3 rings (SSSR count). The number of hydrogen-bond donors (Lipinski definition) is 1. The van der Waals surface area contributed by atoms with Crippen LogP contribution in [0.2, 0.25) is 0 Å². The van der Waals surface area contributed by atoms with Gasteiger partial charge in [-0.15, -0.1) is 0 Å². The molecular weight excluding hydrogens is 230 g/mol. The van der Waals surface area contributed by atoms with Crippen LogP contribution in [0.15, 0.2) is 0 Å². The Hall–Kier alpha value is -1.10. The Bertz CT molecular complexity index is 328. The SMILES string of the molecule is O=C1CNC(=O)N1C1CN(C2CCCCCC2)C1. The molecule has 0 atom stereocenters. The van der Waals surface area contributed by atoms with E-state index in [0.717, 1.165) is 13.1 Å². The number of rotatable bonds is 2. The Morgan fingerprint density at radius 2 is 1.61 bits per heavy atom. The van der Waals surface area contributed by atoms with Crippen molar-refractivity contribution >= 4 is 11.9 Å². The average molecular weight is 251 g/mol. The Labute approximate surface area is 107 Å². The van der Waals surface area contributed by atoms with Gasteiger partial charge < -0.3 is 5.32 Å². The molecule has 0 unspecified atom stereocenters. The van der Waals surface area contributed by atoms with Crippen molar-refractivity contribution < 1.29 is 9.59 Å². The zero-order chi connectivity index (χ0) is 12.5. The third-order valence-corrected chi connectivity index (χ3v) is 4.48. The summed E-state index contributed by atoms with van der Waals surface area (Å²) >= 11 is 0. The molecule has 0 aromatic rings. The maximum absolute atomic E-state index is 11.6. The standard InChI is InChI=1S/C13H21N3O2/c17-12-7-14-13(18)16(12)11-8-15(9-11)10-5-3-1-2-4-6-10/h10-11H,1-9H2,(H,14,18). The molecule has 0 aromatic carbocycles. The smallest absolute Gasteiger partial charge is 0.324 e. The largest absolute Gasteiger partial charge is 0.329 e. The van der Waals surface area contributed by atoms with Gasteiger partial charge >= 0.3 is 6.03 Å². The van der Waals surface area contributed by atoms with Gasteiger partial charge in [-0.1, -0.05) is 25.7 Å². The van der Waals surface area contributed by atoms with Gasteiger partial charge in [0.15, 0.2) is 0 Å². The summed E-state index contributed by atoms with van der Waals surface area (Å²) in [7, 11) is 0. The van der Waals surface area contributed by atoms with E-state index in [1.165, 1.54) is 43.4 Å². The normalized spacial score (nSPS) is 28.1. The number of imide groups is 1. The predicted octanol–water partition coefficient (Wildman–Crippen LogP) is 0.945. The van der Waals surface area contributed by atoms with E-state index in [1.54, 1.807) is 0 Å². The maximum atomic E-state index is 11.6. The van der Waals surface area contributed by atoms with E-state index in [0.29, 0.717) is 6.04 Å². The van der Waals surface area contributed by atoms with Crippen molar-refractivity contribution in [3.8, 4) is 0 Å². The second-order valence-corrected chi connectivity index (χ2v) is 5.68. The van der Waals surface area contributed by atoms with Crippen LogP contribution in [0.1, 0.15) is 38.5 Å². The van der Waals surface area contributed by atoms with Gasteiger partial charge in [0.2, 0.25) is 5.91 Å². The highest BCUT2D eigenvalue weighted by atomic mass is 16.2. The van der Waals surface area contributed by atoms with Crippen molar-refractivity contribution in [3.63, 3.8) is 0 Å². The third-order valence-electron chi connectivity index (χ3n) is 4.48. The van der Waals surface area contributed by atoms with Crippen molar-refractivity contribution in [2.75, 3.05) is 19.6 Å². The van der Waals surface area contributed by atoms with E-state index in [1.807, 2.05) is 0 Å². The summed E-state index contributed by atoms with van der Waals surface area (Å²) in [6.07, 6.45) is 7.95. The molecule has 0 bridgehead atoms. The quantitative estimate of drug-likeness (QED) is 0.587. The first-order chi connectivity index (χ1) is 8.75. The van der Waals surface area contributed by atoms with E-state index in [9.17, 15) is 9.59 Å². The molecule has 2 saturated heterocycles. The zero-order valence-corrected chi connectivity index (χ0v) is 10.7. The molecule has 0 spiro atoms. The number of hydrogen-bond acceptors (Lipinski definition) is 3. The van der Waals surface area contributed by atoms with Crippen LogP contribution in [0, 0.1) is 0 Å². The lowest BCUT2D eigenvalue weighted by Gasteiger charge is -2.46. The van der Waals surface area contributed by atoms with Crippen LogP contribution in [0.4, 0.5) is 4.79 Å². The monoisotopic (exact) mass is 251 g/mol. The van der Waals surface area contributed by atoms with E-state index in [2.05, 4.69) is 10.2 Å². The molecule has 3 aliphatic rings. The Morgan fingerprint density at radius 1 is 0.944 bits per heavy atom. The van der Waals surface area contributed by atoms with Gasteiger partial charge in [-0.25, -0.2) is 4.79 Å². The highest BCUT2D eigenvalue weighted by Gasteiger charge is 2.43. The topological polar surface area (TPSA) is 52.7 Å². The summed E-state index contributed by atoms with van der Waals surface area (Å²) in [5.41, 5.74) is 0. The number of carbonyl (C=O) groups is 2. The number of nitrogens with one attached hydrogen (secondary N) is 1. The molecule has 1 saturated carbocycles. The van der Waals surface area contributed by atoms with E-state index < -0.39 is 0 Å². The summed E-state index contributed by atoms with van der Waals surface area (Å²) in [6, 6.07) is 0.596. The van der Waals surface area contributed by atoms with Gasteiger partial charge in [-0.3, -0.25) is 14.6 Å². The Morgan fingerprint density at radius 3 is 2.17 bits per heavy atom. The minimum atomic E-state index is -0.203. The fraction of sp³-hybridized carbons (Fsp3) is 0.846. The summed E-state index contributed by atoms with van der Waals surface area (Å²) in [6.45, 7) is 1.94. The molecule has 3 amide bonds. The van der Waals surface area contributed by atoms with Gasteiger partial charge in [-0.2, -0.15) is 0 Å². The molecular formula is C13H21N3O2. The molecule has 5 nitrogen and oxygen atoms in total. The highest BCUT2D eigenvalue weighted by molar-refractivity contribution is 6.02. The van der Waals surface area contributed by atoms with Crippen LogP contribution in [0.3, 0.4) is 0 Å². The molecule has 3 fully saturated rings. The first-order valence-corrected chi connectivity index (χ1v) is 7.09. The predicted molar refractivity (Wildman–Crippen MR) is 67.1 cm³/mol. The van der Waals surface area contributed by atoms with E-state index in [-0.39, 0.29) is 24.5 Å². The molecule has 2 aliphatic heterocycles. The van der Waals surface area contributed by atoms with Crippen LogP contribution in [-0.2, 0) is 4.79 Å². The van der Waals surface area contributed by atoms with Gasteiger partial charge in [0, 0.05) is 19.1 Å². The maximum Gasteiger partial charge on any atom is 0.324 e. The fourth-order valence-electron chi connectivity index (χ4n) is 3.38. The molecule has 2 heterocycles. The molecule has 18 heavy (non-hydrogen) atoms. The van der Waals surface area contributed by atoms with Gasteiger partial charge in [-0.05, 0) is 12.8 Å². The van der Waals surface area contributed by atoms with Gasteiger partial charge in [0.1, 0.15) is 0 Å². The van der Waals surface area contributed by atoms with E-state index in [4.69, 9.17) is 0 Å². The first kappa shape index (κ1) is 12.0. The number of nitrogens with zero attached hydrogens (tertiary/aromatic N) is 2. The number of carbonyl (C=O) groups excluding carboxylic acids is 2. The molecule has 0 radical (unpaired) electrons. The van der Waals surface area contributed by atoms with Gasteiger partial charge in [0.25, 0.3) is 0 Å². The summed E-state index contributed by atoms with van der Waals surface area (Å²) in [5.74, 6) is -0.0643. The van der Waals surface area contributed by atoms with Crippen molar-refractivity contribution in [3.05, 3.63) is 0 Å². The zero-order valence-electron chi connectivity index (χ0n) is 10.7. The molecule has 100 valence electrons. The minimum Gasteiger partial charge on any atom is -0.329 e. The number of urea groups is 1. The Balaban J connectivity index is 1.53. The lowest BCUT2D eigenvalue weighted by molar-refractivity contribution is -0.129. The summed E-state index contributed by atoms with van der Waals surface area (Å²) < 4.78 is 0. The van der Waals surface area contributed by atoms with Crippen LogP contribution in [0.5, 0.6) is 0 Å². The average Bonchev–Trinajstić information content (AvgIpc) is 2.57. The molecule has 1 N–H and O–H groups in total.